The van der Waals surface area contributed by atoms with Crippen molar-refractivity contribution in [3.05, 3.63) is 60.2 Å². The summed E-state index contributed by atoms with van der Waals surface area (Å²) in [5, 5.41) is -0.543. The number of sulfonamides is 1. The summed E-state index contributed by atoms with van der Waals surface area (Å²) in [5.74, 6) is 0. The molecule has 7 heteroatoms. The van der Waals surface area contributed by atoms with Gasteiger partial charge >= 0.3 is 0 Å². The molecule has 1 aliphatic heterocycles. The van der Waals surface area contributed by atoms with E-state index in [1.54, 1.807) is 42.5 Å². The Hall–Kier alpha value is -1.70. The van der Waals surface area contributed by atoms with Gasteiger partial charge in [-0.25, -0.2) is 16.8 Å². The second kappa shape index (κ2) is 7.50. The third-order valence-electron chi connectivity index (χ3n) is 4.88. The lowest BCUT2D eigenvalue weighted by molar-refractivity contribution is 0.345. The zero-order valence-corrected chi connectivity index (χ0v) is 16.3. The van der Waals surface area contributed by atoms with Crippen LogP contribution in [0.3, 0.4) is 0 Å². The van der Waals surface area contributed by atoms with Gasteiger partial charge in [-0.05, 0) is 49.1 Å². The summed E-state index contributed by atoms with van der Waals surface area (Å²) in [7, 11) is -7.01. The first-order valence-electron chi connectivity index (χ1n) is 8.73. The van der Waals surface area contributed by atoms with Crippen LogP contribution in [0.5, 0.6) is 0 Å². The van der Waals surface area contributed by atoms with Crippen molar-refractivity contribution >= 4 is 19.9 Å². The molecule has 5 nitrogen and oxygen atoms in total. The molecule has 3 rings (SSSR count). The second-order valence-corrected chi connectivity index (χ2v) is 10.6. The lowest BCUT2D eigenvalue weighted by Crippen LogP contribution is -2.42. The van der Waals surface area contributed by atoms with Gasteiger partial charge in [-0.1, -0.05) is 37.3 Å². The first kappa shape index (κ1) is 19.1. The molecule has 0 saturated carbocycles. The Morgan fingerprint density at radius 3 is 1.96 bits per heavy atom. The molecular formula is C19H23NO4S2. The van der Waals surface area contributed by atoms with Crippen LogP contribution in [0.4, 0.5) is 0 Å². The summed E-state index contributed by atoms with van der Waals surface area (Å²) in [6.45, 7) is 2.45. The monoisotopic (exact) mass is 393 g/mol. The Labute approximate surface area is 155 Å². The maximum absolute atomic E-state index is 12.8. The van der Waals surface area contributed by atoms with Crippen molar-refractivity contribution in [2.45, 2.75) is 41.2 Å². The molecule has 1 fully saturated rings. The fraction of sp³-hybridized carbons (Fsp3) is 0.368. The number of hydrogen-bond donors (Lipinski definition) is 0. The number of piperidine rings is 1. The Morgan fingerprint density at radius 2 is 1.42 bits per heavy atom. The van der Waals surface area contributed by atoms with Crippen LogP contribution in [-0.2, 0) is 26.3 Å². The summed E-state index contributed by atoms with van der Waals surface area (Å²) < 4.78 is 52.4. The van der Waals surface area contributed by atoms with Gasteiger partial charge in [-0.15, -0.1) is 0 Å². The molecule has 140 valence electrons. The van der Waals surface area contributed by atoms with Crippen LogP contribution in [0.2, 0.25) is 0 Å². The molecule has 0 N–H and O–H groups in total. The Kier molecular flexibility index (Phi) is 5.50. The molecule has 2 aromatic carbocycles. The average Bonchev–Trinajstić information content (AvgIpc) is 2.69. The van der Waals surface area contributed by atoms with Crippen molar-refractivity contribution in [2.24, 2.45) is 0 Å². The molecular weight excluding hydrogens is 370 g/mol. The minimum atomic E-state index is -3.58. The van der Waals surface area contributed by atoms with E-state index in [0.717, 1.165) is 12.0 Å². The fourth-order valence-electron chi connectivity index (χ4n) is 3.23. The second-order valence-electron chi connectivity index (χ2n) is 6.46. The van der Waals surface area contributed by atoms with Gasteiger partial charge < -0.3 is 0 Å². The van der Waals surface area contributed by atoms with Crippen molar-refractivity contribution in [1.29, 1.82) is 0 Å². The van der Waals surface area contributed by atoms with Crippen molar-refractivity contribution in [1.82, 2.24) is 4.31 Å². The molecule has 26 heavy (non-hydrogen) atoms. The molecule has 0 aliphatic carbocycles. The molecule has 1 aliphatic rings. The van der Waals surface area contributed by atoms with E-state index in [2.05, 4.69) is 0 Å². The van der Waals surface area contributed by atoms with Crippen LogP contribution in [-0.4, -0.2) is 39.5 Å². The van der Waals surface area contributed by atoms with Crippen LogP contribution in [0.1, 0.15) is 25.3 Å². The first-order valence-corrected chi connectivity index (χ1v) is 11.7. The van der Waals surface area contributed by atoms with E-state index in [4.69, 9.17) is 0 Å². The van der Waals surface area contributed by atoms with Gasteiger partial charge in [0.05, 0.1) is 15.0 Å². The van der Waals surface area contributed by atoms with E-state index < -0.39 is 25.1 Å². The van der Waals surface area contributed by atoms with Crippen LogP contribution in [0.15, 0.2) is 64.4 Å². The number of sulfone groups is 1. The quantitative estimate of drug-likeness (QED) is 0.783. The number of rotatable bonds is 5. The standard InChI is InChI=1S/C19H23NO4S2/c1-2-16-8-10-19(11-9-16)26(23,24)20-14-12-18(13-15-20)25(21,22)17-6-4-3-5-7-17/h3-11,18H,2,12-15H2,1H3. The topological polar surface area (TPSA) is 71.5 Å². The number of hydrogen-bond acceptors (Lipinski definition) is 4. The van der Waals surface area contributed by atoms with E-state index in [1.165, 1.54) is 4.31 Å². The predicted molar refractivity (Wildman–Crippen MR) is 101 cm³/mol. The number of aryl methyl sites for hydroxylation is 1. The van der Waals surface area contributed by atoms with E-state index in [9.17, 15) is 16.8 Å². The molecule has 0 aromatic heterocycles. The third kappa shape index (κ3) is 3.70. The molecule has 0 bridgehead atoms. The Balaban J connectivity index is 1.73. The van der Waals surface area contributed by atoms with Crippen LogP contribution in [0, 0.1) is 0 Å². The van der Waals surface area contributed by atoms with Crippen LogP contribution in [0.25, 0.3) is 0 Å². The van der Waals surface area contributed by atoms with Gasteiger partial charge in [0.2, 0.25) is 10.0 Å². The SMILES string of the molecule is CCc1ccc(S(=O)(=O)N2CCC(S(=O)(=O)c3ccccc3)CC2)cc1. The van der Waals surface area contributed by atoms with Crippen molar-refractivity contribution < 1.29 is 16.8 Å². The average molecular weight is 394 g/mol. The molecule has 1 saturated heterocycles. The van der Waals surface area contributed by atoms with Gasteiger partial charge in [-0.2, -0.15) is 4.31 Å². The fourth-order valence-corrected chi connectivity index (χ4v) is 6.45. The van der Waals surface area contributed by atoms with Gasteiger partial charge in [0.1, 0.15) is 0 Å². The molecule has 1 heterocycles. The van der Waals surface area contributed by atoms with Crippen molar-refractivity contribution in [3.63, 3.8) is 0 Å². The lowest BCUT2D eigenvalue weighted by atomic mass is 10.2. The highest BCUT2D eigenvalue weighted by molar-refractivity contribution is 7.92. The lowest BCUT2D eigenvalue weighted by Gasteiger charge is -2.31. The zero-order valence-electron chi connectivity index (χ0n) is 14.7. The number of nitrogens with zero attached hydrogens (tertiary/aromatic N) is 1. The highest BCUT2D eigenvalue weighted by Crippen LogP contribution is 2.27. The maximum atomic E-state index is 12.8. The van der Waals surface area contributed by atoms with Gasteiger partial charge in [-0.3, -0.25) is 0 Å². The minimum absolute atomic E-state index is 0.217. The van der Waals surface area contributed by atoms with Crippen molar-refractivity contribution in [2.75, 3.05) is 13.1 Å². The molecule has 0 radical (unpaired) electrons. The summed E-state index contributed by atoms with van der Waals surface area (Å²) in [5.41, 5.74) is 1.08. The van der Waals surface area contributed by atoms with Gasteiger partial charge in [0, 0.05) is 13.1 Å². The van der Waals surface area contributed by atoms with Crippen LogP contribution < -0.4 is 0 Å². The maximum Gasteiger partial charge on any atom is 0.243 e. The van der Waals surface area contributed by atoms with Crippen molar-refractivity contribution in [3.8, 4) is 0 Å². The summed E-state index contributed by atoms with van der Waals surface area (Å²) in [6, 6.07) is 15.2. The molecule has 2 aromatic rings. The van der Waals surface area contributed by atoms with E-state index >= 15 is 0 Å². The largest absolute Gasteiger partial charge is 0.243 e. The van der Waals surface area contributed by atoms with Gasteiger partial charge in [0.15, 0.2) is 9.84 Å². The number of benzene rings is 2. The van der Waals surface area contributed by atoms with E-state index in [1.807, 2.05) is 19.1 Å². The summed E-state index contributed by atoms with van der Waals surface area (Å²) >= 11 is 0. The summed E-state index contributed by atoms with van der Waals surface area (Å²) in [6.07, 6.45) is 1.47. The van der Waals surface area contributed by atoms with Crippen LogP contribution >= 0.6 is 0 Å². The third-order valence-corrected chi connectivity index (χ3v) is 9.07. The van der Waals surface area contributed by atoms with E-state index in [0.29, 0.717) is 17.7 Å². The normalized spacial score (nSPS) is 17.3. The highest BCUT2D eigenvalue weighted by atomic mass is 32.2. The zero-order chi connectivity index (χ0) is 18.8. The molecule has 0 amide bonds. The van der Waals surface area contributed by atoms with E-state index in [-0.39, 0.29) is 18.0 Å². The Morgan fingerprint density at radius 1 is 0.846 bits per heavy atom. The molecule has 0 atom stereocenters. The highest BCUT2D eigenvalue weighted by Gasteiger charge is 2.35. The Bertz CT molecular complexity index is 944. The minimum Gasteiger partial charge on any atom is -0.223 e. The smallest absolute Gasteiger partial charge is 0.223 e. The van der Waals surface area contributed by atoms with Gasteiger partial charge in [0.25, 0.3) is 0 Å². The molecule has 0 spiro atoms. The first-order chi connectivity index (χ1) is 12.4. The predicted octanol–water partition coefficient (Wildman–Crippen LogP) is 2.88. The summed E-state index contributed by atoms with van der Waals surface area (Å²) in [4.78, 5) is 0.565. The molecule has 0 unspecified atom stereocenters.